The van der Waals surface area contributed by atoms with E-state index in [0.717, 1.165) is 23.3 Å². The fourth-order valence-electron chi connectivity index (χ4n) is 5.00. The van der Waals surface area contributed by atoms with Crippen LogP contribution in [0, 0.1) is 6.92 Å². The first-order valence-corrected chi connectivity index (χ1v) is 14.2. The van der Waals surface area contributed by atoms with Crippen molar-refractivity contribution < 1.29 is 37.2 Å². The second-order valence-corrected chi connectivity index (χ2v) is 11.6. The van der Waals surface area contributed by atoms with Crippen LogP contribution < -0.4 is 33.3 Å². The third-order valence-corrected chi connectivity index (χ3v) is 7.33. The Labute approximate surface area is 254 Å². The van der Waals surface area contributed by atoms with E-state index in [4.69, 9.17) is 21.9 Å². The number of anilines is 1. The standard InChI is InChI=1S/C21H33BN6O5.C8H7F3/c1-21(2)15-4-3-14(8-16(15)22(32)33-21)27-18(29)9-26-20(31)17(25)5-6-19(30)28-10-12(23)7-13(24)11-28;1-6-2-4-7(5-3-6)8(9,10)11/h3-4,8,12-13,17,32H,5-7,9-11,23-25H2,1-2H3,(H,26,31)(H,27,29);2-5H,1H3. The van der Waals surface area contributed by atoms with Crippen molar-refractivity contribution in [2.24, 2.45) is 17.2 Å². The summed E-state index contributed by atoms with van der Waals surface area (Å²) < 4.78 is 41.3. The van der Waals surface area contributed by atoms with Gasteiger partial charge in [0.05, 0.1) is 23.8 Å². The Morgan fingerprint density at radius 3 is 2.32 bits per heavy atom. The molecule has 44 heavy (non-hydrogen) atoms. The zero-order valence-electron chi connectivity index (χ0n) is 25.0. The zero-order valence-corrected chi connectivity index (χ0v) is 25.0. The molecule has 2 aromatic carbocycles. The Hall–Kier alpha value is -3.50. The smallest absolute Gasteiger partial charge is 0.423 e. The predicted octanol–water partition coefficient (Wildman–Crippen LogP) is 0.702. The Morgan fingerprint density at radius 1 is 1.11 bits per heavy atom. The number of halogens is 3. The Balaban J connectivity index is 0.000000404. The predicted molar refractivity (Wildman–Crippen MR) is 160 cm³/mol. The van der Waals surface area contributed by atoms with E-state index < -0.39 is 42.3 Å². The van der Waals surface area contributed by atoms with Gasteiger partial charge < -0.3 is 42.4 Å². The Morgan fingerprint density at radius 2 is 1.73 bits per heavy atom. The quantitative estimate of drug-likeness (QED) is 0.244. The Kier molecular flexibility index (Phi) is 11.5. The van der Waals surface area contributed by atoms with Crippen LogP contribution >= 0.6 is 0 Å². The number of benzene rings is 2. The molecule has 0 saturated carbocycles. The molecule has 3 atom stereocenters. The highest BCUT2D eigenvalue weighted by atomic mass is 19.4. The molecule has 0 radical (unpaired) electrons. The maximum atomic E-state index is 12.4. The van der Waals surface area contributed by atoms with Gasteiger partial charge in [0.15, 0.2) is 0 Å². The number of fused-ring (bicyclic) bond motifs is 1. The molecular weight excluding hydrogens is 580 g/mol. The van der Waals surface area contributed by atoms with Crippen molar-refractivity contribution in [3.63, 3.8) is 0 Å². The van der Waals surface area contributed by atoms with E-state index in [1.54, 1.807) is 30.0 Å². The summed E-state index contributed by atoms with van der Waals surface area (Å²) in [6, 6.07) is 8.96. The number of nitrogens with zero attached hydrogens (tertiary/aromatic N) is 1. The third kappa shape index (κ3) is 9.76. The number of carbonyl (C=O) groups is 3. The molecule has 1 fully saturated rings. The lowest BCUT2D eigenvalue weighted by Gasteiger charge is -2.34. The molecule has 15 heteroatoms. The second kappa shape index (κ2) is 14.5. The van der Waals surface area contributed by atoms with Crippen molar-refractivity contribution in [1.82, 2.24) is 10.2 Å². The van der Waals surface area contributed by atoms with Gasteiger partial charge in [-0.2, -0.15) is 13.2 Å². The number of nitrogens with two attached hydrogens (primary N) is 3. The number of carbonyl (C=O) groups excluding carboxylic acids is 3. The lowest BCUT2D eigenvalue weighted by molar-refractivity contribution is -0.137. The molecule has 0 aromatic heterocycles. The Bertz CT molecular complexity index is 1320. The molecule has 9 N–H and O–H groups in total. The molecule has 4 rings (SSSR count). The largest absolute Gasteiger partial charge is 0.492 e. The van der Waals surface area contributed by atoms with Crippen LogP contribution in [0.5, 0.6) is 0 Å². The van der Waals surface area contributed by atoms with Gasteiger partial charge in [-0.05, 0) is 68.9 Å². The highest BCUT2D eigenvalue weighted by Crippen LogP contribution is 2.31. The molecule has 2 aliphatic heterocycles. The molecule has 3 amide bonds. The van der Waals surface area contributed by atoms with E-state index in [9.17, 15) is 32.6 Å². The zero-order chi connectivity index (χ0) is 32.8. The number of aryl methyl sites for hydroxylation is 1. The van der Waals surface area contributed by atoms with Crippen molar-refractivity contribution in [3.05, 3.63) is 59.2 Å². The van der Waals surface area contributed by atoms with Gasteiger partial charge in [-0.15, -0.1) is 0 Å². The van der Waals surface area contributed by atoms with Crippen LogP contribution in [0.1, 0.15) is 49.8 Å². The van der Waals surface area contributed by atoms with Gasteiger partial charge in [-0.25, -0.2) is 0 Å². The van der Waals surface area contributed by atoms with Crippen LogP contribution in [0.15, 0.2) is 42.5 Å². The molecule has 0 spiro atoms. The molecule has 0 bridgehead atoms. The summed E-state index contributed by atoms with van der Waals surface area (Å²) in [5, 5.41) is 15.2. The summed E-state index contributed by atoms with van der Waals surface area (Å²) in [4.78, 5) is 38.4. The average molecular weight is 620 g/mol. The van der Waals surface area contributed by atoms with Crippen LogP contribution in [0.4, 0.5) is 18.9 Å². The molecule has 2 aromatic rings. The minimum Gasteiger partial charge on any atom is -0.423 e. The van der Waals surface area contributed by atoms with Crippen molar-refractivity contribution in [3.8, 4) is 0 Å². The number of hydrogen-bond donors (Lipinski definition) is 6. The van der Waals surface area contributed by atoms with E-state index in [-0.39, 0.29) is 37.4 Å². The van der Waals surface area contributed by atoms with Gasteiger partial charge in [-0.3, -0.25) is 14.4 Å². The van der Waals surface area contributed by atoms with Crippen molar-refractivity contribution >= 4 is 36.0 Å². The number of hydrogen-bond acceptors (Lipinski definition) is 8. The summed E-state index contributed by atoms with van der Waals surface area (Å²) in [5.41, 5.74) is 19.2. The molecule has 0 aliphatic carbocycles. The van der Waals surface area contributed by atoms with Crippen LogP contribution in [-0.4, -0.2) is 72.5 Å². The van der Waals surface area contributed by atoms with E-state index in [1.165, 1.54) is 12.1 Å². The lowest BCUT2D eigenvalue weighted by atomic mass is 9.78. The van der Waals surface area contributed by atoms with Gasteiger partial charge in [0, 0.05) is 37.3 Å². The van der Waals surface area contributed by atoms with Crippen LogP contribution in [0.2, 0.25) is 0 Å². The molecule has 240 valence electrons. The monoisotopic (exact) mass is 620 g/mol. The van der Waals surface area contributed by atoms with E-state index >= 15 is 0 Å². The van der Waals surface area contributed by atoms with Gasteiger partial charge in [0.2, 0.25) is 17.7 Å². The SMILES string of the molecule is CC1(C)OB(O)c2cc(NC(=O)CNC(=O)C(N)CCC(=O)N3CC(N)CC(N)C3)ccc21.Cc1ccc(C(F)(F)F)cc1. The molecule has 2 heterocycles. The van der Waals surface area contributed by atoms with Crippen LogP contribution in [0.3, 0.4) is 0 Å². The van der Waals surface area contributed by atoms with E-state index in [1.807, 2.05) is 13.8 Å². The van der Waals surface area contributed by atoms with Crippen LogP contribution in [-0.2, 0) is 30.8 Å². The van der Waals surface area contributed by atoms with Gasteiger partial charge in [0.1, 0.15) is 0 Å². The minimum absolute atomic E-state index is 0.0933. The highest BCUT2D eigenvalue weighted by molar-refractivity contribution is 6.62. The number of rotatable bonds is 7. The van der Waals surface area contributed by atoms with Crippen molar-refractivity contribution in [2.75, 3.05) is 25.0 Å². The fraction of sp³-hybridized carbons (Fsp3) is 0.483. The summed E-state index contributed by atoms with van der Waals surface area (Å²) in [6.45, 7) is 6.05. The van der Waals surface area contributed by atoms with Gasteiger partial charge in [0.25, 0.3) is 0 Å². The van der Waals surface area contributed by atoms with E-state index in [0.29, 0.717) is 30.7 Å². The fourth-order valence-corrected chi connectivity index (χ4v) is 5.00. The first-order valence-electron chi connectivity index (χ1n) is 14.2. The molecule has 3 unspecified atom stereocenters. The second-order valence-electron chi connectivity index (χ2n) is 11.6. The lowest BCUT2D eigenvalue weighted by Crippen LogP contribution is -2.54. The topological polar surface area (TPSA) is 186 Å². The summed E-state index contributed by atoms with van der Waals surface area (Å²) in [7, 11) is -1.07. The van der Waals surface area contributed by atoms with Gasteiger partial charge >= 0.3 is 13.3 Å². The maximum absolute atomic E-state index is 12.4. The molecule has 11 nitrogen and oxygen atoms in total. The van der Waals surface area contributed by atoms with Crippen LogP contribution in [0.25, 0.3) is 0 Å². The number of amides is 3. The van der Waals surface area contributed by atoms with Crippen molar-refractivity contribution in [2.45, 2.75) is 69.9 Å². The summed E-state index contributed by atoms with van der Waals surface area (Å²) >= 11 is 0. The third-order valence-electron chi connectivity index (χ3n) is 7.33. The molecular formula is C29H40BF3N6O5. The first-order chi connectivity index (χ1) is 20.5. The summed E-state index contributed by atoms with van der Waals surface area (Å²) in [5.74, 6) is -1.12. The normalized spacial score (nSPS) is 19.8. The number of piperidine rings is 1. The van der Waals surface area contributed by atoms with Crippen molar-refractivity contribution in [1.29, 1.82) is 0 Å². The number of alkyl halides is 3. The average Bonchev–Trinajstić information content (AvgIpc) is 3.16. The number of nitrogens with one attached hydrogen (secondary N) is 2. The number of likely N-dealkylation sites (tertiary alicyclic amines) is 1. The maximum Gasteiger partial charge on any atom is 0.492 e. The molecule has 1 saturated heterocycles. The van der Waals surface area contributed by atoms with E-state index in [2.05, 4.69) is 10.6 Å². The summed E-state index contributed by atoms with van der Waals surface area (Å²) in [6.07, 6.45) is -3.30. The minimum atomic E-state index is -4.21. The highest BCUT2D eigenvalue weighted by Gasteiger charge is 2.40. The van der Waals surface area contributed by atoms with Gasteiger partial charge in [-0.1, -0.05) is 23.8 Å². The molecule has 2 aliphatic rings. The first kappa shape index (κ1) is 35.0.